The number of halogens is 6. The van der Waals surface area contributed by atoms with E-state index in [1.54, 1.807) is 0 Å². The summed E-state index contributed by atoms with van der Waals surface area (Å²) in [5.74, 6) is -0.898. The van der Waals surface area contributed by atoms with Gasteiger partial charge in [-0.2, -0.15) is 26.3 Å². The summed E-state index contributed by atoms with van der Waals surface area (Å²) in [6, 6.07) is 0. The van der Waals surface area contributed by atoms with Gasteiger partial charge in [-0.15, -0.1) is 0 Å². The van der Waals surface area contributed by atoms with Crippen LogP contribution >= 0.6 is 0 Å². The molecule has 2 rings (SSSR count). The molecular formula is C10H10F6O. The van der Waals surface area contributed by atoms with Crippen LogP contribution in [0.4, 0.5) is 26.3 Å². The number of rotatable bonds is 2. The highest BCUT2D eigenvalue weighted by atomic mass is 19.4. The Morgan fingerprint density at radius 2 is 1.82 bits per heavy atom. The first-order valence-corrected chi connectivity index (χ1v) is 5.10. The van der Waals surface area contributed by atoms with Crippen molar-refractivity contribution in [1.82, 2.24) is 0 Å². The summed E-state index contributed by atoms with van der Waals surface area (Å²) in [5.41, 5.74) is -1.96. The van der Waals surface area contributed by atoms with Gasteiger partial charge in [0, 0.05) is 5.92 Å². The van der Waals surface area contributed by atoms with E-state index in [-0.39, 0.29) is 12.8 Å². The van der Waals surface area contributed by atoms with Crippen LogP contribution in [0.25, 0.3) is 0 Å². The predicted molar refractivity (Wildman–Crippen MR) is 46.1 cm³/mol. The van der Waals surface area contributed by atoms with E-state index in [2.05, 4.69) is 4.74 Å². The second-order valence-electron chi connectivity index (χ2n) is 4.43. The van der Waals surface area contributed by atoms with Gasteiger partial charge in [0.1, 0.15) is 6.61 Å². The third-order valence-electron chi connectivity index (χ3n) is 3.48. The van der Waals surface area contributed by atoms with E-state index in [9.17, 15) is 26.3 Å². The number of hydrogen-bond acceptors (Lipinski definition) is 1. The van der Waals surface area contributed by atoms with E-state index in [1.807, 2.05) is 0 Å². The first kappa shape index (κ1) is 12.7. The third-order valence-corrected chi connectivity index (χ3v) is 3.48. The van der Waals surface area contributed by atoms with E-state index in [4.69, 9.17) is 0 Å². The zero-order valence-corrected chi connectivity index (χ0v) is 8.61. The fourth-order valence-corrected chi connectivity index (χ4v) is 2.50. The van der Waals surface area contributed by atoms with Gasteiger partial charge in [-0.05, 0) is 12.8 Å². The molecule has 0 aromatic carbocycles. The molecule has 0 amide bonds. The molecule has 2 aliphatic rings. The molecular weight excluding hydrogens is 250 g/mol. The minimum atomic E-state index is -4.51. The quantitative estimate of drug-likeness (QED) is 0.545. The lowest BCUT2D eigenvalue weighted by atomic mass is 9.61. The molecule has 98 valence electrons. The van der Waals surface area contributed by atoms with Crippen molar-refractivity contribution in [2.45, 2.75) is 31.3 Å². The maximum Gasteiger partial charge on any atom is 0.411 e. The average molecular weight is 260 g/mol. The van der Waals surface area contributed by atoms with Crippen LogP contribution in [0.1, 0.15) is 12.8 Å². The Kier molecular flexibility index (Phi) is 2.72. The number of hydrogen-bond donors (Lipinski definition) is 0. The Morgan fingerprint density at radius 3 is 2.18 bits per heavy atom. The molecule has 0 heterocycles. The monoisotopic (exact) mass is 260 g/mol. The van der Waals surface area contributed by atoms with E-state index < -0.39 is 36.4 Å². The molecule has 0 N–H and O–H groups in total. The van der Waals surface area contributed by atoms with E-state index >= 15 is 0 Å². The van der Waals surface area contributed by atoms with Crippen LogP contribution in [-0.2, 0) is 4.74 Å². The summed E-state index contributed by atoms with van der Waals surface area (Å²) < 4.78 is 78.5. The highest BCUT2D eigenvalue weighted by Gasteiger charge is 2.66. The van der Waals surface area contributed by atoms with Crippen LogP contribution in [0.3, 0.4) is 0 Å². The molecule has 1 unspecified atom stereocenters. The van der Waals surface area contributed by atoms with Crippen molar-refractivity contribution < 1.29 is 31.1 Å². The van der Waals surface area contributed by atoms with Crippen molar-refractivity contribution in [3.8, 4) is 0 Å². The summed E-state index contributed by atoms with van der Waals surface area (Å²) in [7, 11) is 0. The summed E-state index contributed by atoms with van der Waals surface area (Å²) in [6.07, 6.45) is -7.76. The normalized spacial score (nSPS) is 36.8. The first-order chi connectivity index (χ1) is 7.66. The fraction of sp³-hybridized carbons (Fsp3) is 0.800. The minimum Gasteiger partial charge on any atom is -0.364 e. The van der Waals surface area contributed by atoms with Crippen molar-refractivity contribution in [2.24, 2.45) is 11.3 Å². The van der Waals surface area contributed by atoms with Crippen LogP contribution in [0.2, 0.25) is 0 Å². The van der Waals surface area contributed by atoms with Crippen molar-refractivity contribution in [2.75, 3.05) is 6.61 Å². The largest absolute Gasteiger partial charge is 0.411 e. The lowest BCUT2D eigenvalue weighted by molar-refractivity contribution is -0.264. The summed E-state index contributed by atoms with van der Waals surface area (Å²) in [5, 5.41) is 0. The van der Waals surface area contributed by atoms with E-state index in [0.717, 1.165) is 12.2 Å². The number of allylic oxidation sites excluding steroid dienone is 1. The Balaban J connectivity index is 2.01. The average Bonchev–Trinajstić information content (AvgIpc) is 2.32. The van der Waals surface area contributed by atoms with Gasteiger partial charge in [-0.25, -0.2) is 0 Å². The maximum atomic E-state index is 12.8. The summed E-state index contributed by atoms with van der Waals surface area (Å²) in [4.78, 5) is 0. The van der Waals surface area contributed by atoms with Crippen molar-refractivity contribution >= 4 is 0 Å². The van der Waals surface area contributed by atoms with Gasteiger partial charge in [0.25, 0.3) is 0 Å². The number of fused-ring (bicyclic) bond motifs is 1. The first-order valence-electron chi connectivity index (χ1n) is 5.10. The van der Waals surface area contributed by atoms with Crippen LogP contribution < -0.4 is 0 Å². The highest BCUT2D eigenvalue weighted by molar-refractivity contribution is 5.24. The van der Waals surface area contributed by atoms with Crippen molar-refractivity contribution in [3.63, 3.8) is 0 Å². The second-order valence-corrected chi connectivity index (χ2v) is 4.43. The van der Waals surface area contributed by atoms with Gasteiger partial charge < -0.3 is 4.74 Å². The molecule has 1 fully saturated rings. The van der Waals surface area contributed by atoms with Gasteiger partial charge in [-0.1, -0.05) is 12.2 Å². The van der Waals surface area contributed by atoms with Crippen molar-refractivity contribution in [1.29, 1.82) is 0 Å². The molecule has 0 bridgehead atoms. The minimum absolute atomic E-state index is 0.0659. The molecule has 0 spiro atoms. The molecule has 1 nitrogen and oxygen atoms in total. The second kappa shape index (κ2) is 3.63. The molecule has 0 aliphatic heterocycles. The van der Waals surface area contributed by atoms with Gasteiger partial charge in [0.05, 0.1) is 11.5 Å². The fourth-order valence-electron chi connectivity index (χ4n) is 2.50. The van der Waals surface area contributed by atoms with Gasteiger partial charge >= 0.3 is 12.4 Å². The zero-order chi connectivity index (χ0) is 12.9. The van der Waals surface area contributed by atoms with Crippen LogP contribution in [-0.4, -0.2) is 25.1 Å². The van der Waals surface area contributed by atoms with Crippen LogP contribution in [0.15, 0.2) is 12.2 Å². The Bertz CT molecular complexity index is 331. The number of ether oxygens (including phenoxy) is 1. The lowest BCUT2D eigenvalue weighted by Gasteiger charge is -2.47. The molecule has 0 radical (unpaired) electrons. The van der Waals surface area contributed by atoms with Crippen molar-refractivity contribution in [3.05, 3.63) is 12.2 Å². The van der Waals surface area contributed by atoms with Gasteiger partial charge in [0.15, 0.2) is 0 Å². The standard InChI is InChI=1S/C10H10F6O/c11-9(12,13)5-17-7-2-4-8(10(14,15)16)3-1-6(7)8/h2,4,6-7H,1,3,5H2/t6?,7-,8+/m1/s1. The smallest absolute Gasteiger partial charge is 0.364 e. The van der Waals surface area contributed by atoms with E-state index in [1.165, 1.54) is 0 Å². The van der Waals surface area contributed by atoms with E-state index in [0.29, 0.717) is 0 Å². The van der Waals surface area contributed by atoms with Crippen LogP contribution in [0, 0.1) is 11.3 Å². The molecule has 7 heteroatoms. The third kappa shape index (κ3) is 2.05. The molecule has 0 aromatic rings. The molecule has 3 atom stereocenters. The molecule has 0 saturated heterocycles. The molecule has 2 aliphatic carbocycles. The zero-order valence-electron chi connectivity index (χ0n) is 8.61. The van der Waals surface area contributed by atoms with Gasteiger partial charge in [-0.3, -0.25) is 0 Å². The topological polar surface area (TPSA) is 9.23 Å². The van der Waals surface area contributed by atoms with Crippen LogP contribution in [0.5, 0.6) is 0 Å². The number of alkyl halides is 6. The Morgan fingerprint density at radius 1 is 1.18 bits per heavy atom. The molecule has 17 heavy (non-hydrogen) atoms. The van der Waals surface area contributed by atoms with Gasteiger partial charge in [0.2, 0.25) is 0 Å². The summed E-state index contributed by atoms with van der Waals surface area (Å²) >= 11 is 0. The molecule has 1 saturated carbocycles. The lowest BCUT2D eigenvalue weighted by Crippen LogP contribution is -2.51. The molecule has 0 aromatic heterocycles. The maximum absolute atomic E-state index is 12.8. The Hall–Kier alpha value is -0.720. The SMILES string of the molecule is FC(F)(F)CO[C@@H]1C=C[C@@]2(C(F)(F)F)CCC12. The highest BCUT2D eigenvalue weighted by Crippen LogP contribution is 2.62. The predicted octanol–water partition coefficient (Wildman–Crippen LogP) is 3.46. The Labute approximate surface area is 93.4 Å². The summed E-state index contributed by atoms with van der Waals surface area (Å²) in [6.45, 7) is -1.51.